The third-order valence-corrected chi connectivity index (χ3v) is 6.34. The van der Waals surface area contributed by atoms with Crippen molar-refractivity contribution in [3.8, 4) is 0 Å². The Hall–Kier alpha value is -2.42. The number of sulfone groups is 1. The number of anilines is 2. The lowest BCUT2D eigenvalue weighted by Gasteiger charge is -2.12. The highest BCUT2D eigenvalue weighted by Gasteiger charge is 2.31. The fraction of sp³-hybridized carbons (Fsp3) is 0.471. The van der Waals surface area contributed by atoms with Crippen LogP contribution in [0.5, 0.6) is 0 Å². The molecule has 2 aromatic heterocycles. The molecule has 1 aliphatic rings. The van der Waals surface area contributed by atoms with E-state index in [9.17, 15) is 13.2 Å². The first kappa shape index (κ1) is 18.4. The van der Waals surface area contributed by atoms with Crippen LogP contribution in [0.3, 0.4) is 0 Å². The van der Waals surface area contributed by atoms with Crippen LogP contribution in [0.2, 0.25) is 0 Å². The molecule has 8 nitrogen and oxygen atoms in total. The summed E-state index contributed by atoms with van der Waals surface area (Å²) in [5.74, 6) is 0.775. The maximum atomic E-state index is 12.5. The molecule has 2 aromatic rings. The van der Waals surface area contributed by atoms with Crippen LogP contribution in [-0.4, -0.2) is 54.7 Å². The SMILES string of the molecule is Cc1nn(C2CCS(=O)(=O)C2)c(C)c1NC(=O)c1ccc(N(C)C)nc1. The van der Waals surface area contributed by atoms with E-state index in [4.69, 9.17) is 0 Å². The molecule has 1 N–H and O–H groups in total. The van der Waals surface area contributed by atoms with Gasteiger partial charge < -0.3 is 10.2 Å². The summed E-state index contributed by atoms with van der Waals surface area (Å²) >= 11 is 0. The molecular formula is C17H23N5O3S. The van der Waals surface area contributed by atoms with Gasteiger partial charge >= 0.3 is 0 Å². The number of carbonyl (C=O) groups is 1. The first-order valence-electron chi connectivity index (χ1n) is 8.39. The van der Waals surface area contributed by atoms with E-state index in [1.54, 1.807) is 23.7 Å². The molecule has 26 heavy (non-hydrogen) atoms. The maximum absolute atomic E-state index is 12.5. The number of hydrogen-bond donors (Lipinski definition) is 1. The van der Waals surface area contributed by atoms with Crippen LogP contribution in [0.15, 0.2) is 18.3 Å². The van der Waals surface area contributed by atoms with E-state index in [1.165, 1.54) is 6.20 Å². The second-order valence-corrected chi connectivity index (χ2v) is 9.03. The highest BCUT2D eigenvalue weighted by molar-refractivity contribution is 7.91. The van der Waals surface area contributed by atoms with Crippen LogP contribution in [0, 0.1) is 13.8 Å². The van der Waals surface area contributed by atoms with Gasteiger partial charge in [-0.2, -0.15) is 5.10 Å². The average molecular weight is 377 g/mol. The van der Waals surface area contributed by atoms with Crippen molar-refractivity contribution in [2.45, 2.75) is 26.3 Å². The summed E-state index contributed by atoms with van der Waals surface area (Å²) in [6, 6.07) is 3.32. The zero-order chi connectivity index (χ0) is 19.1. The Morgan fingerprint density at radius 2 is 2.04 bits per heavy atom. The van der Waals surface area contributed by atoms with Gasteiger partial charge in [0, 0.05) is 20.3 Å². The Labute approximate surface area is 153 Å². The Morgan fingerprint density at radius 3 is 2.58 bits per heavy atom. The fourth-order valence-corrected chi connectivity index (χ4v) is 4.83. The van der Waals surface area contributed by atoms with Crippen LogP contribution >= 0.6 is 0 Å². The molecule has 0 aromatic carbocycles. The smallest absolute Gasteiger partial charge is 0.257 e. The lowest BCUT2D eigenvalue weighted by molar-refractivity contribution is 0.102. The van der Waals surface area contributed by atoms with Crippen molar-refractivity contribution in [1.82, 2.24) is 14.8 Å². The van der Waals surface area contributed by atoms with Gasteiger partial charge in [-0.15, -0.1) is 0 Å². The predicted molar refractivity (Wildman–Crippen MR) is 101 cm³/mol. The normalized spacial score (nSPS) is 18.7. The quantitative estimate of drug-likeness (QED) is 0.869. The number of aryl methyl sites for hydroxylation is 1. The number of nitrogens with zero attached hydrogens (tertiary/aromatic N) is 4. The molecule has 1 aliphatic heterocycles. The fourth-order valence-electron chi connectivity index (χ4n) is 3.14. The van der Waals surface area contributed by atoms with Gasteiger partial charge in [-0.1, -0.05) is 0 Å². The third kappa shape index (κ3) is 3.57. The van der Waals surface area contributed by atoms with E-state index >= 15 is 0 Å². The summed E-state index contributed by atoms with van der Waals surface area (Å²) in [4.78, 5) is 18.6. The molecule has 0 saturated carbocycles. The minimum atomic E-state index is -3.00. The Kier molecular flexibility index (Phi) is 4.74. The van der Waals surface area contributed by atoms with E-state index in [0.717, 1.165) is 11.5 Å². The summed E-state index contributed by atoms with van der Waals surface area (Å²) in [6.07, 6.45) is 2.08. The summed E-state index contributed by atoms with van der Waals surface area (Å²) in [5.41, 5.74) is 2.50. The molecule has 0 bridgehead atoms. The van der Waals surface area contributed by atoms with Gasteiger partial charge in [0.1, 0.15) is 5.82 Å². The molecule has 3 heterocycles. The largest absolute Gasteiger partial charge is 0.363 e. The van der Waals surface area contributed by atoms with Crippen molar-refractivity contribution >= 4 is 27.2 Å². The second kappa shape index (κ2) is 6.71. The number of hydrogen-bond acceptors (Lipinski definition) is 6. The molecule has 0 aliphatic carbocycles. The first-order valence-corrected chi connectivity index (χ1v) is 10.2. The summed E-state index contributed by atoms with van der Waals surface area (Å²) in [5, 5.41) is 7.34. The molecule has 1 unspecified atom stereocenters. The zero-order valence-corrected chi connectivity index (χ0v) is 16.2. The zero-order valence-electron chi connectivity index (χ0n) is 15.4. The van der Waals surface area contributed by atoms with Gasteiger partial charge in [-0.05, 0) is 32.4 Å². The highest BCUT2D eigenvalue weighted by atomic mass is 32.2. The molecule has 1 saturated heterocycles. The maximum Gasteiger partial charge on any atom is 0.257 e. The molecule has 0 radical (unpaired) electrons. The lowest BCUT2D eigenvalue weighted by Crippen LogP contribution is -2.16. The standard InChI is InChI=1S/C17H23N5O3S/c1-11-16(12(2)22(20-11)14-7-8-26(24,25)10-14)19-17(23)13-5-6-15(18-9-13)21(3)4/h5-6,9,14H,7-8,10H2,1-4H3,(H,19,23). The van der Waals surface area contributed by atoms with Crippen LogP contribution in [0.4, 0.5) is 11.5 Å². The topological polar surface area (TPSA) is 97.2 Å². The van der Waals surface area contributed by atoms with Crippen molar-refractivity contribution in [2.75, 3.05) is 35.8 Å². The van der Waals surface area contributed by atoms with Crippen molar-refractivity contribution in [3.63, 3.8) is 0 Å². The Morgan fingerprint density at radius 1 is 1.31 bits per heavy atom. The van der Waals surface area contributed by atoms with Crippen LogP contribution in [0.25, 0.3) is 0 Å². The molecule has 1 atom stereocenters. The van der Waals surface area contributed by atoms with Gasteiger partial charge in [0.05, 0.1) is 40.2 Å². The van der Waals surface area contributed by atoms with Crippen molar-refractivity contribution < 1.29 is 13.2 Å². The number of pyridine rings is 1. The van der Waals surface area contributed by atoms with Crippen molar-refractivity contribution in [3.05, 3.63) is 35.3 Å². The Balaban J connectivity index is 1.81. The van der Waals surface area contributed by atoms with Crippen LogP contribution in [0.1, 0.15) is 34.2 Å². The number of nitrogens with one attached hydrogen (secondary N) is 1. The third-order valence-electron chi connectivity index (χ3n) is 4.59. The molecule has 9 heteroatoms. The van der Waals surface area contributed by atoms with Crippen molar-refractivity contribution in [2.24, 2.45) is 0 Å². The van der Waals surface area contributed by atoms with E-state index < -0.39 is 9.84 Å². The number of amides is 1. The summed E-state index contributed by atoms with van der Waals surface area (Å²) < 4.78 is 25.2. The van der Waals surface area contributed by atoms with E-state index in [2.05, 4.69) is 15.4 Å². The minimum absolute atomic E-state index is 0.0955. The first-order chi connectivity index (χ1) is 12.2. The molecule has 3 rings (SSSR count). The van der Waals surface area contributed by atoms with Gasteiger partial charge in [0.25, 0.3) is 5.91 Å². The van der Waals surface area contributed by atoms with Gasteiger partial charge in [-0.3, -0.25) is 9.48 Å². The molecular weight excluding hydrogens is 354 g/mol. The highest BCUT2D eigenvalue weighted by Crippen LogP contribution is 2.29. The second-order valence-electron chi connectivity index (χ2n) is 6.80. The molecule has 140 valence electrons. The van der Waals surface area contributed by atoms with Gasteiger partial charge in [-0.25, -0.2) is 13.4 Å². The lowest BCUT2D eigenvalue weighted by atomic mass is 10.2. The predicted octanol–water partition coefficient (Wildman–Crippen LogP) is 1.57. The van der Waals surface area contributed by atoms with Crippen LogP contribution in [-0.2, 0) is 9.84 Å². The average Bonchev–Trinajstić information content (AvgIpc) is 3.08. The minimum Gasteiger partial charge on any atom is -0.363 e. The van der Waals surface area contributed by atoms with Crippen LogP contribution < -0.4 is 10.2 Å². The molecule has 1 fully saturated rings. The summed E-state index contributed by atoms with van der Waals surface area (Å²) in [6.45, 7) is 3.64. The van der Waals surface area contributed by atoms with E-state index in [1.807, 2.05) is 25.9 Å². The molecule has 1 amide bonds. The Bertz CT molecular complexity index is 932. The molecule has 0 spiro atoms. The summed E-state index contributed by atoms with van der Waals surface area (Å²) in [7, 11) is 0.761. The van der Waals surface area contributed by atoms with Gasteiger partial charge in [0.2, 0.25) is 0 Å². The number of aromatic nitrogens is 3. The van der Waals surface area contributed by atoms with Crippen molar-refractivity contribution in [1.29, 1.82) is 0 Å². The number of rotatable bonds is 4. The van der Waals surface area contributed by atoms with E-state index in [0.29, 0.717) is 23.4 Å². The number of carbonyl (C=O) groups excluding carboxylic acids is 1. The monoisotopic (exact) mass is 377 g/mol. The van der Waals surface area contributed by atoms with E-state index in [-0.39, 0.29) is 23.5 Å². The van der Waals surface area contributed by atoms with Gasteiger partial charge in [0.15, 0.2) is 9.84 Å².